The summed E-state index contributed by atoms with van der Waals surface area (Å²) in [6, 6.07) is 0. The van der Waals surface area contributed by atoms with Crippen molar-refractivity contribution in [3.63, 3.8) is 0 Å². The largest absolute Gasteiger partial charge is 0.382 e. The summed E-state index contributed by atoms with van der Waals surface area (Å²) in [4.78, 5) is 0. The second-order valence-corrected chi connectivity index (χ2v) is 2.17. The lowest BCUT2D eigenvalue weighted by atomic mass is 10.3. The number of aromatic amines is 1. The van der Waals surface area contributed by atoms with Crippen molar-refractivity contribution in [2.24, 2.45) is 0 Å². The zero-order valence-electron chi connectivity index (χ0n) is 5.76. The molecule has 1 aliphatic rings. The molecular weight excluding hydrogens is 187 g/mol. The average molecular weight is 197 g/mol. The number of H-pyrrole nitrogens is 1. The summed E-state index contributed by atoms with van der Waals surface area (Å²) >= 11 is 0. The Morgan fingerprint density at radius 1 is 1.27 bits per heavy atom. The molecule has 11 heavy (non-hydrogen) atoms. The van der Waals surface area contributed by atoms with Gasteiger partial charge in [0.1, 0.15) is 5.82 Å². The van der Waals surface area contributed by atoms with Crippen LogP contribution in [0.5, 0.6) is 0 Å². The number of hydrogen-bond acceptors (Lipinski definition) is 3. The maximum atomic E-state index is 5.51. The molecule has 0 spiro atoms. The highest BCUT2D eigenvalue weighted by atomic mass is 35.5. The van der Waals surface area contributed by atoms with Crippen LogP contribution in [0.3, 0.4) is 0 Å². The van der Waals surface area contributed by atoms with E-state index in [9.17, 15) is 0 Å². The van der Waals surface area contributed by atoms with Crippen LogP contribution < -0.4 is 11.1 Å². The topological polar surface area (TPSA) is 66.7 Å². The molecule has 0 amide bonds. The zero-order chi connectivity index (χ0) is 6.27. The van der Waals surface area contributed by atoms with Gasteiger partial charge in [-0.2, -0.15) is 5.10 Å². The van der Waals surface area contributed by atoms with Crippen molar-refractivity contribution in [2.45, 2.75) is 13.1 Å². The van der Waals surface area contributed by atoms with E-state index in [1.165, 1.54) is 0 Å². The molecule has 0 saturated carbocycles. The molecule has 1 aromatic rings. The lowest BCUT2D eigenvalue weighted by molar-refractivity contribution is 0.743. The molecule has 1 aliphatic heterocycles. The number of nitrogens with one attached hydrogen (secondary N) is 2. The van der Waals surface area contributed by atoms with Gasteiger partial charge in [0.2, 0.25) is 0 Å². The number of nitrogens with zero attached hydrogens (tertiary/aromatic N) is 1. The monoisotopic (exact) mass is 196 g/mol. The number of aromatic nitrogens is 2. The van der Waals surface area contributed by atoms with Gasteiger partial charge in [-0.1, -0.05) is 0 Å². The highest BCUT2D eigenvalue weighted by Crippen LogP contribution is 2.17. The Balaban J connectivity index is 0.000000500. The van der Waals surface area contributed by atoms with E-state index in [4.69, 9.17) is 5.73 Å². The number of nitrogen functional groups attached to an aromatic ring is 1. The van der Waals surface area contributed by atoms with Crippen LogP contribution in [-0.2, 0) is 13.1 Å². The molecule has 0 atom stereocenters. The molecule has 0 radical (unpaired) electrons. The fourth-order valence-corrected chi connectivity index (χ4v) is 1.07. The first kappa shape index (κ1) is 10.6. The predicted octanol–water partition coefficient (Wildman–Crippen LogP) is 0.439. The molecular formula is C5H10Cl2N4. The fraction of sp³-hybridized carbons (Fsp3) is 0.400. The third-order valence-electron chi connectivity index (χ3n) is 1.59. The SMILES string of the molecule is Cl.Cl.Nc1n[nH]c2c1CNC2. The smallest absolute Gasteiger partial charge is 0.150 e. The summed E-state index contributed by atoms with van der Waals surface area (Å²) in [6.45, 7) is 1.73. The van der Waals surface area contributed by atoms with Gasteiger partial charge in [-0.05, 0) is 0 Å². The zero-order valence-corrected chi connectivity index (χ0v) is 7.39. The second-order valence-electron chi connectivity index (χ2n) is 2.17. The van der Waals surface area contributed by atoms with Gasteiger partial charge in [0.05, 0.1) is 5.69 Å². The fourth-order valence-electron chi connectivity index (χ4n) is 1.07. The Bertz CT molecular complexity index is 234. The molecule has 2 rings (SSSR count). The normalized spacial score (nSPS) is 13.1. The van der Waals surface area contributed by atoms with Gasteiger partial charge in [0.25, 0.3) is 0 Å². The van der Waals surface area contributed by atoms with Gasteiger partial charge in [0.15, 0.2) is 0 Å². The van der Waals surface area contributed by atoms with E-state index in [2.05, 4.69) is 15.5 Å². The molecule has 64 valence electrons. The molecule has 1 aromatic heterocycles. The minimum absolute atomic E-state index is 0. The highest BCUT2D eigenvalue weighted by molar-refractivity contribution is 5.85. The number of hydrogen-bond donors (Lipinski definition) is 3. The molecule has 6 heteroatoms. The van der Waals surface area contributed by atoms with Crippen molar-refractivity contribution in [1.82, 2.24) is 15.5 Å². The molecule has 0 aromatic carbocycles. The molecule has 0 bridgehead atoms. The number of fused-ring (bicyclic) bond motifs is 1. The van der Waals surface area contributed by atoms with Gasteiger partial charge in [-0.15, -0.1) is 24.8 Å². The van der Waals surface area contributed by atoms with Crippen LogP contribution in [-0.4, -0.2) is 10.2 Å². The molecule has 0 aliphatic carbocycles. The minimum atomic E-state index is 0. The van der Waals surface area contributed by atoms with Crippen molar-refractivity contribution in [3.8, 4) is 0 Å². The van der Waals surface area contributed by atoms with Crippen LogP contribution in [0.15, 0.2) is 0 Å². The Labute approximate surface area is 76.7 Å². The van der Waals surface area contributed by atoms with Gasteiger partial charge < -0.3 is 11.1 Å². The number of nitrogens with two attached hydrogens (primary N) is 1. The van der Waals surface area contributed by atoms with E-state index >= 15 is 0 Å². The van der Waals surface area contributed by atoms with Crippen LogP contribution in [0.1, 0.15) is 11.3 Å². The van der Waals surface area contributed by atoms with E-state index < -0.39 is 0 Å². The maximum absolute atomic E-state index is 5.51. The Kier molecular flexibility index (Phi) is 3.65. The lowest BCUT2D eigenvalue weighted by Crippen LogP contribution is -2.03. The van der Waals surface area contributed by atoms with E-state index in [1.54, 1.807) is 0 Å². The number of halogens is 2. The summed E-state index contributed by atoms with van der Waals surface area (Å²) < 4.78 is 0. The Hall–Kier alpha value is -0.450. The highest BCUT2D eigenvalue weighted by Gasteiger charge is 2.14. The molecule has 4 nitrogen and oxygen atoms in total. The van der Waals surface area contributed by atoms with Gasteiger partial charge >= 0.3 is 0 Å². The predicted molar refractivity (Wildman–Crippen MR) is 48.0 cm³/mol. The van der Waals surface area contributed by atoms with E-state index in [-0.39, 0.29) is 24.8 Å². The summed E-state index contributed by atoms with van der Waals surface area (Å²) in [5.41, 5.74) is 7.78. The van der Waals surface area contributed by atoms with Crippen molar-refractivity contribution >= 4 is 30.6 Å². The van der Waals surface area contributed by atoms with Crippen molar-refractivity contribution in [3.05, 3.63) is 11.3 Å². The third-order valence-corrected chi connectivity index (χ3v) is 1.59. The molecule has 2 heterocycles. The molecule has 0 saturated heterocycles. The maximum Gasteiger partial charge on any atom is 0.150 e. The summed E-state index contributed by atoms with van der Waals surface area (Å²) in [5, 5.41) is 9.86. The Morgan fingerprint density at radius 2 is 2.00 bits per heavy atom. The third kappa shape index (κ3) is 1.58. The first-order valence-electron chi connectivity index (χ1n) is 2.90. The van der Waals surface area contributed by atoms with E-state index in [0.717, 1.165) is 24.3 Å². The number of anilines is 1. The first-order chi connectivity index (χ1) is 4.38. The van der Waals surface area contributed by atoms with Gasteiger partial charge in [-0.3, -0.25) is 5.10 Å². The second kappa shape index (κ2) is 3.80. The van der Waals surface area contributed by atoms with E-state index in [1.807, 2.05) is 0 Å². The van der Waals surface area contributed by atoms with Crippen LogP contribution in [0.25, 0.3) is 0 Å². The quantitative estimate of drug-likeness (QED) is 0.565. The standard InChI is InChI=1S/C5H8N4.2ClH/c6-5-3-1-7-2-4(3)8-9-5;;/h7H,1-2H2,(H3,6,8,9);2*1H. The van der Waals surface area contributed by atoms with Crippen LogP contribution in [0.2, 0.25) is 0 Å². The molecule has 0 unspecified atom stereocenters. The van der Waals surface area contributed by atoms with Gasteiger partial charge in [0, 0.05) is 18.7 Å². The van der Waals surface area contributed by atoms with Crippen LogP contribution in [0.4, 0.5) is 5.82 Å². The number of rotatable bonds is 0. The average Bonchev–Trinajstić information content (AvgIpc) is 2.35. The van der Waals surface area contributed by atoms with Crippen LogP contribution >= 0.6 is 24.8 Å². The molecule has 0 fully saturated rings. The Morgan fingerprint density at radius 3 is 2.64 bits per heavy atom. The summed E-state index contributed by atoms with van der Waals surface area (Å²) in [6.07, 6.45) is 0. The van der Waals surface area contributed by atoms with Gasteiger partial charge in [-0.25, -0.2) is 0 Å². The summed E-state index contributed by atoms with van der Waals surface area (Å²) in [5.74, 6) is 0.634. The van der Waals surface area contributed by atoms with Crippen LogP contribution in [0, 0.1) is 0 Å². The molecule has 4 N–H and O–H groups in total. The van der Waals surface area contributed by atoms with Crippen molar-refractivity contribution in [2.75, 3.05) is 5.73 Å². The van der Waals surface area contributed by atoms with Crippen molar-refractivity contribution < 1.29 is 0 Å². The lowest BCUT2D eigenvalue weighted by Gasteiger charge is -1.86. The first-order valence-corrected chi connectivity index (χ1v) is 2.90. The summed E-state index contributed by atoms with van der Waals surface area (Å²) in [7, 11) is 0. The minimum Gasteiger partial charge on any atom is -0.382 e. The van der Waals surface area contributed by atoms with E-state index in [0.29, 0.717) is 5.82 Å². The van der Waals surface area contributed by atoms with Crippen molar-refractivity contribution in [1.29, 1.82) is 0 Å².